The first-order valence-electron chi connectivity index (χ1n) is 11.6. The van der Waals surface area contributed by atoms with E-state index in [-0.39, 0.29) is 6.54 Å². The third kappa shape index (κ3) is 4.44. The van der Waals surface area contributed by atoms with Crippen LogP contribution in [0.1, 0.15) is 36.1 Å². The fourth-order valence-corrected chi connectivity index (χ4v) is 4.54. The molecule has 0 saturated carbocycles. The number of rotatable bonds is 8. The number of carbonyl (C=O) groups excluding carboxylic acids is 3. The molecule has 1 fully saturated rings. The van der Waals surface area contributed by atoms with Crippen LogP contribution in [0.2, 0.25) is 0 Å². The Bertz CT molecular complexity index is 1170. The number of benzene rings is 3. The SMILES string of the molecule is CCc1cccc(CC)c1NC(=O)CN1C(=O)N[C@](Cc2ccccc2)(c2ccccc2)C1=O. The monoisotopic (exact) mass is 455 g/mol. The van der Waals surface area contributed by atoms with Crippen molar-refractivity contribution in [2.24, 2.45) is 0 Å². The molecule has 1 aliphatic heterocycles. The summed E-state index contributed by atoms with van der Waals surface area (Å²) in [5.41, 5.74) is 3.14. The molecule has 4 amide bonds. The Morgan fingerprint density at radius 1 is 0.853 bits per heavy atom. The Labute approximate surface area is 200 Å². The fraction of sp³-hybridized carbons (Fsp3) is 0.250. The van der Waals surface area contributed by atoms with Crippen molar-refractivity contribution < 1.29 is 14.4 Å². The highest BCUT2D eigenvalue weighted by atomic mass is 16.2. The molecule has 34 heavy (non-hydrogen) atoms. The number of aryl methyl sites for hydroxylation is 2. The van der Waals surface area contributed by atoms with Gasteiger partial charge in [0.25, 0.3) is 5.91 Å². The van der Waals surface area contributed by atoms with Crippen LogP contribution in [0.3, 0.4) is 0 Å². The van der Waals surface area contributed by atoms with Crippen molar-refractivity contribution in [3.63, 3.8) is 0 Å². The largest absolute Gasteiger partial charge is 0.325 e. The molecule has 1 saturated heterocycles. The van der Waals surface area contributed by atoms with Gasteiger partial charge >= 0.3 is 6.03 Å². The number of nitrogens with zero attached hydrogens (tertiary/aromatic N) is 1. The minimum atomic E-state index is -1.27. The average molecular weight is 456 g/mol. The van der Waals surface area contributed by atoms with Crippen molar-refractivity contribution in [3.8, 4) is 0 Å². The van der Waals surface area contributed by atoms with E-state index in [4.69, 9.17) is 0 Å². The molecule has 0 unspecified atom stereocenters. The van der Waals surface area contributed by atoms with Gasteiger partial charge in [0.2, 0.25) is 5.91 Å². The summed E-state index contributed by atoms with van der Waals surface area (Å²) in [4.78, 5) is 40.8. The van der Waals surface area contributed by atoms with Crippen LogP contribution in [-0.2, 0) is 34.4 Å². The van der Waals surface area contributed by atoms with Gasteiger partial charge in [-0.2, -0.15) is 0 Å². The van der Waals surface area contributed by atoms with E-state index in [2.05, 4.69) is 10.6 Å². The molecule has 2 N–H and O–H groups in total. The van der Waals surface area contributed by atoms with E-state index < -0.39 is 23.4 Å². The molecule has 3 aromatic rings. The predicted octanol–water partition coefficient (Wildman–Crippen LogP) is 4.44. The Morgan fingerprint density at radius 2 is 1.44 bits per heavy atom. The second-order valence-corrected chi connectivity index (χ2v) is 8.46. The van der Waals surface area contributed by atoms with Gasteiger partial charge in [-0.25, -0.2) is 4.79 Å². The third-order valence-electron chi connectivity index (χ3n) is 6.32. The Hall–Kier alpha value is -3.93. The van der Waals surface area contributed by atoms with Crippen LogP contribution in [0.4, 0.5) is 10.5 Å². The molecule has 1 heterocycles. The molecule has 0 radical (unpaired) electrons. The maximum Gasteiger partial charge on any atom is 0.325 e. The van der Waals surface area contributed by atoms with Gasteiger partial charge in [0.05, 0.1) is 0 Å². The van der Waals surface area contributed by atoms with Crippen LogP contribution in [0.25, 0.3) is 0 Å². The number of nitrogens with one attached hydrogen (secondary N) is 2. The van der Waals surface area contributed by atoms with Crippen molar-refractivity contribution in [1.29, 1.82) is 0 Å². The quantitative estimate of drug-likeness (QED) is 0.493. The van der Waals surface area contributed by atoms with Gasteiger partial charge in [-0.3, -0.25) is 14.5 Å². The molecule has 0 aromatic heterocycles. The lowest BCUT2D eigenvalue weighted by Crippen LogP contribution is -2.46. The fourth-order valence-electron chi connectivity index (χ4n) is 4.54. The number of hydrogen-bond donors (Lipinski definition) is 2. The molecule has 1 atom stereocenters. The number of para-hydroxylation sites is 1. The lowest BCUT2D eigenvalue weighted by Gasteiger charge is -2.27. The van der Waals surface area contributed by atoms with Gasteiger partial charge in [-0.05, 0) is 35.1 Å². The molecule has 174 valence electrons. The number of imide groups is 1. The molecular weight excluding hydrogens is 426 g/mol. The lowest BCUT2D eigenvalue weighted by atomic mass is 9.83. The molecular formula is C28H29N3O3. The van der Waals surface area contributed by atoms with Crippen molar-refractivity contribution in [3.05, 3.63) is 101 Å². The van der Waals surface area contributed by atoms with Crippen molar-refractivity contribution in [2.45, 2.75) is 38.6 Å². The Balaban J connectivity index is 1.61. The molecule has 4 rings (SSSR count). The van der Waals surface area contributed by atoms with Crippen LogP contribution in [0.5, 0.6) is 0 Å². The highest BCUT2D eigenvalue weighted by Crippen LogP contribution is 2.33. The topological polar surface area (TPSA) is 78.5 Å². The zero-order valence-electron chi connectivity index (χ0n) is 19.5. The molecule has 3 aromatic carbocycles. The number of hydrogen-bond acceptors (Lipinski definition) is 3. The van der Waals surface area contributed by atoms with Gasteiger partial charge in [0.1, 0.15) is 6.54 Å². The van der Waals surface area contributed by atoms with Gasteiger partial charge < -0.3 is 10.6 Å². The Morgan fingerprint density at radius 3 is 2.03 bits per heavy atom. The zero-order valence-corrected chi connectivity index (χ0v) is 19.5. The van der Waals surface area contributed by atoms with Crippen LogP contribution in [0.15, 0.2) is 78.9 Å². The van der Waals surface area contributed by atoms with Crippen LogP contribution in [0, 0.1) is 0 Å². The number of anilines is 1. The van der Waals surface area contributed by atoms with E-state index in [1.807, 2.05) is 92.7 Å². The molecule has 6 heteroatoms. The number of amides is 4. The normalized spacial score (nSPS) is 17.5. The molecule has 0 aliphatic carbocycles. The van der Waals surface area contributed by atoms with Gasteiger partial charge in [0, 0.05) is 12.1 Å². The van der Waals surface area contributed by atoms with E-state index in [0.29, 0.717) is 12.0 Å². The molecule has 1 aliphatic rings. The van der Waals surface area contributed by atoms with E-state index >= 15 is 0 Å². The average Bonchev–Trinajstić information content (AvgIpc) is 3.10. The Kier molecular flexibility index (Phi) is 6.77. The first-order chi connectivity index (χ1) is 16.5. The minimum absolute atomic E-state index is 0.291. The summed E-state index contributed by atoms with van der Waals surface area (Å²) in [5, 5.41) is 5.86. The predicted molar refractivity (Wildman–Crippen MR) is 132 cm³/mol. The van der Waals surface area contributed by atoms with Crippen LogP contribution in [-0.4, -0.2) is 29.3 Å². The van der Waals surface area contributed by atoms with E-state index in [9.17, 15) is 14.4 Å². The smallest absolute Gasteiger partial charge is 0.324 e. The van der Waals surface area contributed by atoms with Crippen molar-refractivity contribution in [2.75, 3.05) is 11.9 Å². The highest BCUT2D eigenvalue weighted by molar-refractivity contribution is 6.10. The molecule has 0 spiro atoms. The first kappa shape index (κ1) is 23.2. The second kappa shape index (κ2) is 9.91. The zero-order chi connectivity index (χ0) is 24.1. The van der Waals surface area contributed by atoms with Gasteiger partial charge in [-0.1, -0.05) is 92.7 Å². The molecule has 6 nitrogen and oxygen atoms in total. The minimum Gasteiger partial charge on any atom is -0.324 e. The lowest BCUT2D eigenvalue weighted by molar-refractivity contribution is -0.134. The number of carbonyl (C=O) groups is 3. The van der Waals surface area contributed by atoms with E-state index in [1.165, 1.54) is 0 Å². The van der Waals surface area contributed by atoms with Crippen LogP contribution < -0.4 is 10.6 Å². The first-order valence-corrected chi connectivity index (χ1v) is 11.6. The second-order valence-electron chi connectivity index (χ2n) is 8.46. The van der Waals surface area contributed by atoms with Crippen LogP contribution >= 0.6 is 0 Å². The molecule has 0 bridgehead atoms. The number of urea groups is 1. The van der Waals surface area contributed by atoms with Gasteiger partial charge in [-0.15, -0.1) is 0 Å². The standard InChI is InChI=1S/C28H29N3O3/c1-3-21-14-11-15-22(4-2)25(21)29-24(32)19-31-26(33)28(30-27(31)34,23-16-9-6-10-17-23)18-20-12-7-5-8-13-20/h5-17H,3-4,18-19H2,1-2H3,(H,29,32)(H,30,34)/t28-/m1/s1. The van der Waals surface area contributed by atoms with E-state index in [1.54, 1.807) is 0 Å². The summed E-state index contributed by atoms with van der Waals surface area (Å²) < 4.78 is 0. The summed E-state index contributed by atoms with van der Waals surface area (Å²) in [5.74, 6) is -0.829. The van der Waals surface area contributed by atoms with Gasteiger partial charge in [0.15, 0.2) is 5.54 Å². The summed E-state index contributed by atoms with van der Waals surface area (Å²) in [7, 11) is 0. The maximum absolute atomic E-state index is 13.7. The summed E-state index contributed by atoms with van der Waals surface area (Å²) in [6, 6.07) is 24.1. The van der Waals surface area contributed by atoms with E-state index in [0.717, 1.165) is 40.1 Å². The van der Waals surface area contributed by atoms with Crippen molar-refractivity contribution >= 4 is 23.5 Å². The highest BCUT2D eigenvalue weighted by Gasteiger charge is 2.52. The summed E-state index contributed by atoms with van der Waals surface area (Å²) >= 11 is 0. The summed E-state index contributed by atoms with van der Waals surface area (Å²) in [6.45, 7) is 3.70. The maximum atomic E-state index is 13.7. The third-order valence-corrected chi connectivity index (χ3v) is 6.32. The van der Waals surface area contributed by atoms with Crippen molar-refractivity contribution in [1.82, 2.24) is 10.2 Å². The summed E-state index contributed by atoms with van der Waals surface area (Å²) in [6.07, 6.45) is 1.82.